The van der Waals surface area contributed by atoms with Crippen LogP contribution in [0, 0.1) is 0 Å². The van der Waals surface area contributed by atoms with Crippen LogP contribution in [0.25, 0.3) is 0 Å². The summed E-state index contributed by atoms with van der Waals surface area (Å²) in [5.41, 5.74) is 0.399. The van der Waals surface area contributed by atoms with E-state index in [4.69, 9.17) is 18.9 Å². The van der Waals surface area contributed by atoms with Gasteiger partial charge in [-0.1, -0.05) is 0 Å². The van der Waals surface area contributed by atoms with Gasteiger partial charge in [0.25, 0.3) is 11.8 Å². The number of morpholine rings is 2. The molecule has 2 amide bonds. The van der Waals surface area contributed by atoms with Crippen molar-refractivity contribution in [2.75, 3.05) is 65.8 Å². The molecule has 10 heteroatoms. The van der Waals surface area contributed by atoms with E-state index in [1.807, 2.05) is 0 Å². The van der Waals surface area contributed by atoms with E-state index in [1.54, 1.807) is 9.80 Å². The summed E-state index contributed by atoms with van der Waals surface area (Å²) in [6.07, 6.45) is 0. The summed E-state index contributed by atoms with van der Waals surface area (Å²) in [4.78, 5) is 51.4. The molecule has 0 spiro atoms. The molecule has 0 atom stereocenters. The van der Waals surface area contributed by atoms with Gasteiger partial charge in [0, 0.05) is 26.2 Å². The van der Waals surface area contributed by atoms with Crippen molar-refractivity contribution in [2.45, 2.75) is 0 Å². The van der Waals surface area contributed by atoms with Crippen LogP contribution in [0.4, 0.5) is 0 Å². The molecule has 10 nitrogen and oxygen atoms in total. The quantitative estimate of drug-likeness (QED) is 0.578. The Hall–Kier alpha value is -2.98. The van der Waals surface area contributed by atoms with E-state index in [0.717, 1.165) is 0 Å². The van der Waals surface area contributed by atoms with E-state index in [2.05, 4.69) is 0 Å². The van der Waals surface area contributed by atoms with Crippen molar-refractivity contribution in [3.8, 4) is 0 Å². The number of ether oxygens (including phenoxy) is 4. The zero-order chi connectivity index (χ0) is 21.3. The topological polar surface area (TPSA) is 112 Å². The first kappa shape index (κ1) is 21.7. The first-order chi connectivity index (χ1) is 14.5. The lowest BCUT2D eigenvalue weighted by Crippen LogP contribution is -2.42. The lowest BCUT2D eigenvalue weighted by Gasteiger charge is -2.26. The van der Waals surface area contributed by atoms with Crippen molar-refractivity contribution >= 4 is 23.8 Å². The fourth-order valence-electron chi connectivity index (χ4n) is 2.97. The first-order valence-electron chi connectivity index (χ1n) is 9.70. The van der Waals surface area contributed by atoms with Gasteiger partial charge in [-0.25, -0.2) is 9.59 Å². The van der Waals surface area contributed by atoms with Gasteiger partial charge in [0.05, 0.1) is 37.6 Å². The molecule has 2 aliphatic heterocycles. The number of carbonyl (C=O) groups excluding carboxylic acids is 4. The van der Waals surface area contributed by atoms with Gasteiger partial charge in [-0.3, -0.25) is 9.59 Å². The van der Waals surface area contributed by atoms with Gasteiger partial charge < -0.3 is 28.7 Å². The van der Waals surface area contributed by atoms with E-state index >= 15 is 0 Å². The highest BCUT2D eigenvalue weighted by atomic mass is 16.5. The average molecular weight is 420 g/mol. The third-order valence-electron chi connectivity index (χ3n) is 4.74. The van der Waals surface area contributed by atoms with Crippen molar-refractivity contribution in [2.24, 2.45) is 0 Å². The Morgan fingerprint density at radius 3 is 1.33 bits per heavy atom. The second kappa shape index (κ2) is 10.7. The molecule has 2 heterocycles. The van der Waals surface area contributed by atoms with Crippen LogP contribution in [0.2, 0.25) is 0 Å². The maximum atomic E-state index is 12.1. The van der Waals surface area contributed by atoms with Crippen molar-refractivity contribution in [1.29, 1.82) is 0 Å². The van der Waals surface area contributed by atoms with Crippen molar-refractivity contribution < 1.29 is 38.1 Å². The molecule has 0 radical (unpaired) electrons. The molecule has 162 valence electrons. The second-order valence-electron chi connectivity index (χ2n) is 6.72. The average Bonchev–Trinajstić information content (AvgIpc) is 2.81. The number of carbonyl (C=O) groups is 4. The van der Waals surface area contributed by atoms with Gasteiger partial charge in [-0.05, 0) is 24.3 Å². The molecule has 0 aromatic heterocycles. The predicted octanol–water partition coefficient (Wildman–Crippen LogP) is -0.282. The normalized spacial score (nSPS) is 16.7. The van der Waals surface area contributed by atoms with Crippen LogP contribution in [0.5, 0.6) is 0 Å². The molecule has 3 rings (SSSR count). The standard InChI is InChI=1S/C20H24N2O8/c23-17(21-5-9-27-10-6-21)13-29-19(25)15-1-2-16(4-3-15)20(26)30-14-18(24)22-7-11-28-12-8-22/h1-4H,5-14H2. The van der Waals surface area contributed by atoms with Crippen molar-refractivity contribution in [3.63, 3.8) is 0 Å². The monoisotopic (exact) mass is 420 g/mol. The Labute approximate surface area is 173 Å². The maximum Gasteiger partial charge on any atom is 0.338 e. The Morgan fingerprint density at radius 2 is 1.00 bits per heavy atom. The molecule has 2 fully saturated rings. The molecule has 0 N–H and O–H groups in total. The minimum atomic E-state index is -0.668. The predicted molar refractivity (Wildman–Crippen MR) is 102 cm³/mol. The summed E-state index contributed by atoms with van der Waals surface area (Å²) in [6, 6.07) is 5.62. The minimum absolute atomic E-state index is 0.200. The fourth-order valence-corrected chi connectivity index (χ4v) is 2.97. The molecule has 1 aromatic rings. The summed E-state index contributed by atoms with van der Waals surface area (Å²) in [7, 11) is 0. The first-order valence-corrected chi connectivity index (χ1v) is 9.70. The van der Waals surface area contributed by atoms with Crippen molar-refractivity contribution in [3.05, 3.63) is 35.4 Å². The van der Waals surface area contributed by atoms with Crippen LogP contribution in [-0.4, -0.2) is 99.4 Å². The highest BCUT2D eigenvalue weighted by Gasteiger charge is 2.20. The van der Waals surface area contributed by atoms with Crippen LogP contribution in [0.1, 0.15) is 20.7 Å². The number of nitrogens with zero attached hydrogens (tertiary/aromatic N) is 2. The SMILES string of the molecule is O=C(OCC(=O)N1CCOCC1)c1ccc(C(=O)OCC(=O)N2CCOCC2)cc1. The van der Waals surface area contributed by atoms with E-state index in [0.29, 0.717) is 52.6 Å². The number of amides is 2. The van der Waals surface area contributed by atoms with Crippen LogP contribution in [-0.2, 0) is 28.5 Å². The Kier molecular flexibility index (Phi) is 7.75. The number of benzene rings is 1. The molecule has 1 aromatic carbocycles. The molecule has 0 saturated carbocycles. The van der Waals surface area contributed by atoms with Gasteiger partial charge in [0.2, 0.25) is 0 Å². The van der Waals surface area contributed by atoms with E-state index in [1.165, 1.54) is 24.3 Å². The summed E-state index contributed by atoms with van der Waals surface area (Å²) < 4.78 is 20.4. The van der Waals surface area contributed by atoms with Gasteiger partial charge in [-0.2, -0.15) is 0 Å². The zero-order valence-corrected chi connectivity index (χ0v) is 16.5. The largest absolute Gasteiger partial charge is 0.452 e. The van der Waals surface area contributed by atoms with Crippen LogP contribution in [0.15, 0.2) is 24.3 Å². The second-order valence-corrected chi connectivity index (χ2v) is 6.72. The third-order valence-corrected chi connectivity index (χ3v) is 4.74. The molecular weight excluding hydrogens is 396 g/mol. The molecule has 2 aliphatic rings. The van der Waals surface area contributed by atoms with Gasteiger partial charge >= 0.3 is 11.9 Å². The Morgan fingerprint density at radius 1 is 0.667 bits per heavy atom. The highest BCUT2D eigenvalue weighted by molar-refractivity contribution is 5.95. The molecule has 0 unspecified atom stereocenters. The lowest BCUT2D eigenvalue weighted by molar-refractivity contribution is -0.139. The van der Waals surface area contributed by atoms with Crippen LogP contribution in [0.3, 0.4) is 0 Å². The highest BCUT2D eigenvalue weighted by Crippen LogP contribution is 2.09. The van der Waals surface area contributed by atoms with Gasteiger partial charge in [0.15, 0.2) is 13.2 Å². The van der Waals surface area contributed by atoms with E-state index in [-0.39, 0.29) is 36.2 Å². The molecular formula is C20H24N2O8. The maximum absolute atomic E-state index is 12.1. The van der Waals surface area contributed by atoms with E-state index < -0.39 is 11.9 Å². The summed E-state index contributed by atoms with van der Waals surface area (Å²) in [6.45, 7) is 3.05. The number of hydrogen-bond acceptors (Lipinski definition) is 8. The number of hydrogen-bond donors (Lipinski definition) is 0. The van der Waals surface area contributed by atoms with Crippen molar-refractivity contribution in [1.82, 2.24) is 9.80 Å². The smallest absolute Gasteiger partial charge is 0.338 e. The summed E-state index contributed by atoms with van der Waals surface area (Å²) in [5.74, 6) is -1.90. The van der Waals surface area contributed by atoms with Gasteiger partial charge in [-0.15, -0.1) is 0 Å². The number of rotatable bonds is 6. The van der Waals surface area contributed by atoms with Crippen LogP contribution >= 0.6 is 0 Å². The van der Waals surface area contributed by atoms with E-state index in [9.17, 15) is 19.2 Å². The molecule has 0 bridgehead atoms. The number of esters is 2. The Balaban J connectivity index is 1.43. The summed E-state index contributed by atoms with van der Waals surface area (Å²) >= 11 is 0. The fraction of sp³-hybridized carbons (Fsp3) is 0.500. The van der Waals surface area contributed by atoms with Crippen LogP contribution < -0.4 is 0 Å². The lowest BCUT2D eigenvalue weighted by atomic mass is 10.1. The molecule has 30 heavy (non-hydrogen) atoms. The third kappa shape index (κ3) is 6.01. The zero-order valence-electron chi connectivity index (χ0n) is 16.5. The van der Waals surface area contributed by atoms with Gasteiger partial charge in [0.1, 0.15) is 0 Å². The summed E-state index contributed by atoms with van der Waals surface area (Å²) in [5, 5.41) is 0. The minimum Gasteiger partial charge on any atom is -0.452 e. The molecule has 0 aliphatic carbocycles. The molecule has 2 saturated heterocycles. The Bertz CT molecular complexity index is 703.